The Morgan fingerprint density at radius 2 is 1.52 bits per heavy atom. The molecule has 2 fully saturated rings. The summed E-state index contributed by atoms with van der Waals surface area (Å²) in [5, 5.41) is 10.7. The topological polar surface area (TPSA) is 38.7 Å². The maximum absolute atomic E-state index is 10.3. The third kappa shape index (κ3) is 3.15. The van der Waals surface area contributed by atoms with Crippen molar-refractivity contribution in [2.75, 3.05) is 0 Å². The van der Waals surface area contributed by atoms with E-state index in [9.17, 15) is 5.02 Å². The first-order valence-corrected chi connectivity index (χ1v) is 9.51. The van der Waals surface area contributed by atoms with Crippen LogP contribution in [-0.2, 0) is 14.9 Å². The molecule has 0 spiro atoms. The zero-order chi connectivity index (χ0) is 17.3. The van der Waals surface area contributed by atoms with E-state index in [1.807, 2.05) is 48.5 Å². The molecule has 0 amide bonds. The molecule has 2 aromatic carbocycles. The van der Waals surface area contributed by atoms with E-state index < -0.39 is 12.9 Å². The largest absolute Gasteiger partial charge is 0.638 e. The van der Waals surface area contributed by atoms with Crippen molar-refractivity contribution in [1.29, 1.82) is 0 Å². The predicted molar refractivity (Wildman–Crippen MR) is 102 cm³/mol. The van der Waals surface area contributed by atoms with Crippen LogP contribution >= 0.6 is 12.6 Å². The van der Waals surface area contributed by atoms with E-state index in [4.69, 9.17) is 9.31 Å². The van der Waals surface area contributed by atoms with Crippen molar-refractivity contribution in [3.8, 4) is 0 Å². The monoisotopic (exact) mass is 354 g/mol. The van der Waals surface area contributed by atoms with Crippen LogP contribution in [0.2, 0.25) is 0 Å². The Labute approximate surface area is 155 Å². The summed E-state index contributed by atoms with van der Waals surface area (Å²) in [7, 11) is -1.21. The van der Waals surface area contributed by atoms with Gasteiger partial charge >= 0.3 is 7.32 Å². The van der Waals surface area contributed by atoms with Crippen molar-refractivity contribution in [2.45, 2.75) is 42.6 Å². The summed E-state index contributed by atoms with van der Waals surface area (Å²) in [6, 6.07) is 20.3. The molecule has 0 bridgehead atoms. The Kier molecular flexibility index (Phi) is 4.91. The molecule has 1 heterocycles. The smallest absolute Gasteiger partial charge is 0.402 e. The summed E-state index contributed by atoms with van der Waals surface area (Å²) in [5.74, 6) is 0.278. The SMILES string of the molecule is OB1OC(c2ccccc2)C(c2ccccc2)(C2CCC(S)CC2)O1. The molecule has 2 aliphatic rings. The Balaban J connectivity index is 1.81. The average Bonchev–Trinajstić information content (AvgIpc) is 3.02. The van der Waals surface area contributed by atoms with Crippen LogP contribution in [0.15, 0.2) is 60.7 Å². The van der Waals surface area contributed by atoms with Crippen LogP contribution in [0.1, 0.15) is 42.9 Å². The maximum Gasteiger partial charge on any atom is 0.638 e. The summed E-state index contributed by atoms with van der Waals surface area (Å²) in [4.78, 5) is 0. The Hall–Kier alpha value is -1.27. The van der Waals surface area contributed by atoms with E-state index in [1.165, 1.54) is 0 Å². The fourth-order valence-electron chi connectivity index (χ4n) is 4.40. The number of benzene rings is 2. The molecule has 2 atom stereocenters. The molecule has 1 aliphatic carbocycles. The Morgan fingerprint density at radius 1 is 0.920 bits per heavy atom. The number of rotatable bonds is 3. The molecule has 5 heteroatoms. The van der Waals surface area contributed by atoms with E-state index in [-0.39, 0.29) is 12.0 Å². The van der Waals surface area contributed by atoms with E-state index in [0.717, 1.165) is 36.8 Å². The molecule has 25 heavy (non-hydrogen) atoms. The van der Waals surface area contributed by atoms with Crippen molar-refractivity contribution < 1.29 is 14.3 Å². The van der Waals surface area contributed by atoms with Crippen molar-refractivity contribution in [1.82, 2.24) is 0 Å². The molecule has 1 aliphatic heterocycles. The van der Waals surface area contributed by atoms with Gasteiger partial charge in [0.15, 0.2) is 0 Å². The van der Waals surface area contributed by atoms with Crippen molar-refractivity contribution in [2.24, 2.45) is 5.92 Å². The number of thiol groups is 1. The van der Waals surface area contributed by atoms with Crippen LogP contribution in [0.25, 0.3) is 0 Å². The molecule has 4 rings (SSSR count). The number of hydrogen-bond donors (Lipinski definition) is 2. The fraction of sp³-hybridized carbons (Fsp3) is 0.400. The van der Waals surface area contributed by atoms with E-state index in [1.54, 1.807) is 0 Å². The van der Waals surface area contributed by atoms with Gasteiger partial charge in [0.1, 0.15) is 11.7 Å². The van der Waals surface area contributed by atoms with Gasteiger partial charge in [-0.1, -0.05) is 60.7 Å². The lowest BCUT2D eigenvalue weighted by Gasteiger charge is -2.44. The lowest BCUT2D eigenvalue weighted by Crippen LogP contribution is -2.42. The molecule has 2 aromatic rings. The minimum Gasteiger partial charge on any atom is -0.402 e. The lowest BCUT2D eigenvalue weighted by atomic mass is 9.69. The molecule has 2 unspecified atom stereocenters. The van der Waals surface area contributed by atoms with E-state index >= 15 is 0 Å². The summed E-state index contributed by atoms with van der Waals surface area (Å²) in [6.45, 7) is 0. The summed E-state index contributed by atoms with van der Waals surface area (Å²) in [6.07, 6.45) is 3.82. The standard InChI is InChI=1S/C20H23BO3S/c22-21-23-19(15-7-3-1-4-8-15)20(24-21,16-9-5-2-6-10-16)17-11-13-18(25)14-12-17/h1-10,17-19,22,25H,11-14H2. The Bertz CT molecular complexity index is 691. The van der Waals surface area contributed by atoms with Crippen LogP contribution in [0, 0.1) is 5.92 Å². The lowest BCUT2D eigenvalue weighted by molar-refractivity contribution is -0.0422. The van der Waals surface area contributed by atoms with E-state index in [0.29, 0.717) is 5.25 Å². The maximum atomic E-state index is 10.3. The zero-order valence-corrected chi connectivity index (χ0v) is 15.0. The van der Waals surface area contributed by atoms with Crippen LogP contribution in [0.4, 0.5) is 0 Å². The second-order valence-corrected chi connectivity index (χ2v) is 7.75. The molecule has 1 saturated heterocycles. The third-order valence-corrected chi connectivity index (χ3v) is 6.08. The summed E-state index contributed by atoms with van der Waals surface area (Å²) < 4.78 is 12.1. The zero-order valence-electron chi connectivity index (χ0n) is 14.1. The minimum absolute atomic E-state index is 0.278. The highest BCUT2D eigenvalue weighted by Gasteiger charge is 2.58. The summed E-state index contributed by atoms with van der Waals surface area (Å²) >= 11 is 4.65. The quantitative estimate of drug-likeness (QED) is 0.643. The molecular weight excluding hydrogens is 331 g/mol. The first-order chi connectivity index (χ1) is 12.2. The van der Waals surface area contributed by atoms with Crippen LogP contribution in [0.3, 0.4) is 0 Å². The van der Waals surface area contributed by atoms with Gasteiger partial charge < -0.3 is 14.3 Å². The second-order valence-electron chi connectivity index (χ2n) is 7.02. The van der Waals surface area contributed by atoms with Gasteiger partial charge in [0, 0.05) is 5.25 Å². The van der Waals surface area contributed by atoms with Crippen LogP contribution < -0.4 is 0 Å². The molecule has 1 saturated carbocycles. The Morgan fingerprint density at radius 3 is 2.16 bits per heavy atom. The molecular formula is C20H23BO3S. The predicted octanol–water partition coefficient (Wildman–Crippen LogP) is 4.14. The minimum atomic E-state index is -1.21. The molecule has 1 N–H and O–H groups in total. The molecule has 0 aromatic heterocycles. The highest BCUT2D eigenvalue weighted by Crippen LogP contribution is 2.55. The van der Waals surface area contributed by atoms with Crippen molar-refractivity contribution in [3.05, 3.63) is 71.8 Å². The van der Waals surface area contributed by atoms with Gasteiger partial charge in [-0.05, 0) is 42.7 Å². The first kappa shape index (κ1) is 17.2. The van der Waals surface area contributed by atoms with Gasteiger partial charge in [-0.2, -0.15) is 12.6 Å². The highest BCUT2D eigenvalue weighted by atomic mass is 32.1. The van der Waals surface area contributed by atoms with E-state index in [2.05, 4.69) is 24.8 Å². The normalized spacial score (nSPS) is 32.7. The van der Waals surface area contributed by atoms with Crippen molar-refractivity contribution in [3.63, 3.8) is 0 Å². The van der Waals surface area contributed by atoms with Gasteiger partial charge in [0.05, 0.1) is 0 Å². The van der Waals surface area contributed by atoms with Gasteiger partial charge in [-0.3, -0.25) is 0 Å². The van der Waals surface area contributed by atoms with Gasteiger partial charge in [-0.15, -0.1) is 0 Å². The molecule has 130 valence electrons. The van der Waals surface area contributed by atoms with Gasteiger partial charge in [0.25, 0.3) is 0 Å². The van der Waals surface area contributed by atoms with Crippen LogP contribution in [0.5, 0.6) is 0 Å². The van der Waals surface area contributed by atoms with Gasteiger partial charge in [0.2, 0.25) is 0 Å². The summed E-state index contributed by atoms with van der Waals surface area (Å²) in [5.41, 5.74) is 1.44. The average molecular weight is 354 g/mol. The van der Waals surface area contributed by atoms with Gasteiger partial charge in [-0.25, -0.2) is 0 Å². The van der Waals surface area contributed by atoms with Crippen LogP contribution in [-0.4, -0.2) is 17.6 Å². The number of hydrogen-bond acceptors (Lipinski definition) is 4. The first-order valence-electron chi connectivity index (χ1n) is 9.00. The second kappa shape index (κ2) is 7.16. The fourth-order valence-corrected chi connectivity index (χ4v) is 4.69. The molecule has 0 radical (unpaired) electrons. The third-order valence-electron chi connectivity index (χ3n) is 5.57. The molecule has 3 nitrogen and oxygen atoms in total. The highest BCUT2D eigenvalue weighted by molar-refractivity contribution is 7.80. The van der Waals surface area contributed by atoms with Crippen molar-refractivity contribution >= 4 is 20.0 Å².